The normalized spacial score (nSPS) is 17.0. The van der Waals surface area contributed by atoms with Crippen molar-refractivity contribution in [1.29, 1.82) is 0 Å². The predicted octanol–water partition coefficient (Wildman–Crippen LogP) is 2.58. The lowest BCUT2D eigenvalue weighted by Crippen LogP contribution is -2.75. The Morgan fingerprint density at radius 1 is 0.878 bits per heavy atom. The molecular formula is C25H23Cl3N2O11. The van der Waals surface area contributed by atoms with Crippen molar-refractivity contribution in [3.05, 3.63) is 71.8 Å². The number of halogens is 3. The predicted molar refractivity (Wildman–Crippen MR) is 140 cm³/mol. The summed E-state index contributed by atoms with van der Waals surface area (Å²) in [4.78, 5) is 61.9. The van der Waals surface area contributed by atoms with Gasteiger partial charge in [0, 0.05) is 0 Å². The van der Waals surface area contributed by atoms with Crippen molar-refractivity contribution < 1.29 is 52.8 Å². The second kappa shape index (κ2) is 14.7. The molecule has 2 aromatic rings. The highest BCUT2D eigenvalue weighted by Crippen LogP contribution is 2.27. The van der Waals surface area contributed by atoms with Crippen LogP contribution < -0.4 is 5.32 Å². The summed E-state index contributed by atoms with van der Waals surface area (Å²) in [6.45, 7) is -2.07. The average Bonchev–Trinajstić information content (AvgIpc) is 2.95. The fraction of sp³-hybridized carbons (Fsp3) is 0.320. The number of alkyl halides is 3. The number of nitrogens with zero attached hydrogens (tertiary/aromatic N) is 1. The monoisotopic (exact) mass is 632 g/mol. The van der Waals surface area contributed by atoms with Gasteiger partial charge < -0.3 is 34.1 Å². The van der Waals surface area contributed by atoms with Crippen molar-refractivity contribution in [2.24, 2.45) is 0 Å². The van der Waals surface area contributed by atoms with E-state index in [1.807, 2.05) is 0 Å². The Kier molecular flexibility index (Phi) is 11.4. The van der Waals surface area contributed by atoms with Crippen LogP contribution in [0.25, 0.3) is 0 Å². The van der Waals surface area contributed by atoms with Gasteiger partial charge in [0.2, 0.25) is 16.2 Å². The minimum atomic E-state index is -2.21. The lowest BCUT2D eigenvalue weighted by atomic mass is 10.0. The summed E-state index contributed by atoms with van der Waals surface area (Å²) in [5, 5.41) is 12.7. The van der Waals surface area contributed by atoms with E-state index in [0.29, 0.717) is 16.0 Å². The zero-order valence-electron chi connectivity index (χ0n) is 20.9. The van der Waals surface area contributed by atoms with E-state index in [2.05, 4.69) is 14.8 Å². The fourth-order valence-corrected chi connectivity index (χ4v) is 3.45. The third-order valence-electron chi connectivity index (χ3n) is 5.18. The second-order valence-corrected chi connectivity index (χ2v) is 10.7. The summed E-state index contributed by atoms with van der Waals surface area (Å²) < 4.78 is 22.3. The second-order valence-electron chi connectivity index (χ2n) is 8.22. The highest BCUT2D eigenvalue weighted by Gasteiger charge is 2.56. The number of nitrogens with one attached hydrogen (secondary N) is 1. The molecule has 0 saturated carbocycles. The summed E-state index contributed by atoms with van der Waals surface area (Å²) in [6.07, 6.45) is -6.35. The van der Waals surface area contributed by atoms with Crippen LogP contribution in [0.2, 0.25) is 0 Å². The number of benzene rings is 2. The maximum absolute atomic E-state index is 12.8. The number of likely N-dealkylation sites (tertiary alicyclic amines) is 1. The number of rotatable bonds is 11. The van der Waals surface area contributed by atoms with E-state index in [1.165, 1.54) is 0 Å². The molecule has 3 unspecified atom stereocenters. The Balaban J connectivity index is 1.61. The zero-order chi connectivity index (χ0) is 30.0. The molecule has 1 aliphatic heterocycles. The van der Waals surface area contributed by atoms with Gasteiger partial charge in [-0.1, -0.05) is 95.5 Å². The largest absolute Gasteiger partial charge is 0.508 e. The summed E-state index contributed by atoms with van der Waals surface area (Å²) >= 11 is 16.4. The maximum Gasteiger partial charge on any atom is 0.508 e. The Morgan fingerprint density at radius 2 is 1.44 bits per heavy atom. The number of hydrogen-bond donors (Lipinski definition) is 2. The summed E-state index contributed by atoms with van der Waals surface area (Å²) in [6, 6.07) is 15.6. The van der Waals surface area contributed by atoms with Crippen LogP contribution in [0.5, 0.6) is 0 Å². The summed E-state index contributed by atoms with van der Waals surface area (Å²) in [5.41, 5.74) is 1.26. The first-order valence-corrected chi connectivity index (χ1v) is 12.8. The molecule has 1 fully saturated rings. The number of amides is 2. The number of alkyl carbamates (subject to hydrolysis) is 1. The van der Waals surface area contributed by atoms with Gasteiger partial charge in [0.1, 0.15) is 19.8 Å². The quantitative estimate of drug-likeness (QED) is 0.162. The number of carbonyl (C=O) groups excluding carboxylic acids is 5. The van der Waals surface area contributed by atoms with E-state index < -0.39 is 65.6 Å². The van der Waals surface area contributed by atoms with Gasteiger partial charge in [-0.3, -0.25) is 9.69 Å². The molecule has 13 nitrogen and oxygen atoms in total. The smallest absolute Gasteiger partial charge is 0.457 e. The van der Waals surface area contributed by atoms with E-state index in [9.17, 15) is 29.1 Å². The molecule has 1 saturated heterocycles. The topological polar surface area (TPSA) is 167 Å². The van der Waals surface area contributed by atoms with Gasteiger partial charge in [-0.15, -0.1) is 0 Å². The van der Waals surface area contributed by atoms with Crippen molar-refractivity contribution in [3.63, 3.8) is 0 Å². The molecule has 2 N–H and O–H groups in total. The third kappa shape index (κ3) is 9.97. The van der Waals surface area contributed by atoms with Crippen LogP contribution in [0.1, 0.15) is 11.1 Å². The number of aliphatic hydroxyl groups is 1. The van der Waals surface area contributed by atoms with Gasteiger partial charge in [-0.2, -0.15) is 0 Å². The van der Waals surface area contributed by atoms with Crippen LogP contribution in [0.3, 0.4) is 0 Å². The molecule has 0 radical (unpaired) electrons. The van der Waals surface area contributed by atoms with Crippen molar-refractivity contribution >= 4 is 64.9 Å². The number of hydrogen-bond acceptors (Lipinski definition) is 11. The van der Waals surface area contributed by atoms with E-state index in [0.717, 1.165) is 0 Å². The molecule has 3 atom stereocenters. The van der Waals surface area contributed by atoms with Crippen LogP contribution >= 0.6 is 34.8 Å². The third-order valence-corrected chi connectivity index (χ3v) is 5.51. The van der Waals surface area contributed by atoms with Gasteiger partial charge >= 0.3 is 24.2 Å². The Hall–Kier alpha value is -3.78. The van der Waals surface area contributed by atoms with Crippen LogP contribution in [0.4, 0.5) is 9.59 Å². The van der Waals surface area contributed by atoms with Crippen LogP contribution in [0.15, 0.2) is 60.7 Å². The lowest BCUT2D eigenvalue weighted by molar-refractivity contribution is -0.220. The molecule has 16 heteroatoms. The van der Waals surface area contributed by atoms with E-state index in [-0.39, 0.29) is 13.2 Å². The summed E-state index contributed by atoms with van der Waals surface area (Å²) in [5.74, 6) is -3.47. The average molecular weight is 634 g/mol. The van der Waals surface area contributed by atoms with Gasteiger partial charge in [0.15, 0.2) is 12.6 Å². The molecule has 0 aromatic heterocycles. The number of ether oxygens (including phenoxy) is 5. The van der Waals surface area contributed by atoms with E-state index >= 15 is 0 Å². The minimum absolute atomic E-state index is 0.139. The molecule has 41 heavy (non-hydrogen) atoms. The van der Waals surface area contributed by atoms with E-state index in [4.69, 9.17) is 49.0 Å². The first-order chi connectivity index (χ1) is 19.4. The van der Waals surface area contributed by atoms with Gasteiger partial charge in [0.05, 0.1) is 0 Å². The summed E-state index contributed by atoms with van der Waals surface area (Å²) in [7, 11) is 0. The first kappa shape index (κ1) is 31.7. The number of esters is 2. The van der Waals surface area contributed by atoms with Crippen molar-refractivity contribution in [2.45, 2.75) is 35.5 Å². The SMILES string of the molecule is O=C(COC(=O)OCC(Cl)(Cl)Cl)OC1C(NC(=O)OCc2ccccc2)C(=O)N1C(O)C(=O)OCc1ccccc1. The zero-order valence-corrected chi connectivity index (χ0v) is 23.2. The molecule has 0 spiro atoms. The van der Waals surface area contributed by atoms with Gasteiger partial charge in [0.25, 0.3) is 5.91 Å². The Labute approximate surface area is 248 Å². The molecule has 1 aliphatic rings. The lowest BCUT2D eigenvalue weighted by Gasteiger charge is -2.46. The number of carbonyl (C=O) groups is 5. The highest BCUT2D eigenvalue weighted by atomic mass is 35.6. The van der Waals surface area contributed by atoms with Gasteiger partial charge in [-0.25, -0.2) is 19.2 Å². The molecule has 2 amide bonds. The Morgan fingerprint density at radius 3 is 2.00 bits per heavy atom. The molecule has 2 aromatic carbocycles. The van der Waals surface area contributed by atoms with Crippen LogP contribution in [-0.4, -0.2) is 75.6 Å². The van der Waals surface area contributed by atoms with Crippen molar-refractivity contribution in [1.82, 2.24) is 10.2 Å². The fourth-order valence-electron chi connectivity index (χ4n) is 3.28. The molecule has 3 rings (SSSR count). The minimum Gasteiger partial charge on any atom is -0.457 e. The van der Waals surface area contributed by atoms with Crippen molar-refractivity contribution in [2.75, 3.05) is 13.2 Å². The van der Waals surface area contributed by atoms with Crippen LogP contribution in [0, 0.1) is 0 Å². The molecule has 1 heterocycles. The molecular weight excluding hydrogens is 611 g/mol. The molecule has 0 aliphatic carbocycles. The first-order valence-electron chi connectivity index (χ1n) is 11.7. The maximum atomic E-state index is 12.8. The Bertz CT molecular complexity index is 1230. The van der Waals surface area contributed by atoms with Crippen molar-refractivity contribution in [3.8, 4) is 0 Å². The number of aliphatic hydroxyl groups excluding tert-OH is 1. The van der Waals surface area contributed by atoms with Crippen LogP contribution in [-0.2, 0) is 51.3 Å². The van der Waals surface area contributed by atoms with Gasteiger partial charge in [-0.05, 0) is 11.1 Å². The molecule has 220 valence electrons. The highest BCUT2D eigenvalue weighted by molar-refractivity contribution is 6.67. The molecule has 0 bridgehead atoms. The standard InChI is InChI=1S/C25H23Cl3N2O11/c26-25(27,28)14-40-24(36)39-13-17(31)41-21-18(29-23(35)38-12-16-9-5-2-6-10-16)19(32)30(21)20(33)22(34)37-11-15-7-3-1-4-8-15/h1-10,18,20-21,33H,11-14H2,(H,29,35). The number of β-lactam (4-membered cyclic amide) rings is 1. The van der Waals surface area contributed by atoms with E-state index in [1.54, 1.807) is 60.7 Å².